The minimum Gasteiger partial charge on any atom is -0.504 e. The zero-order chi connectivity index (χ0) is 11.4. The molecule has 0 unspecified atom stereocenters. The Labute approximate surface area is 91.9 Å². The van der Waals surface area contributed by atoms with E-state index in [-0.39, 0.29) is 22.1 Å². The average molecular weight is 220 g/mol. The zero-order valence-electron chi connectivity index (χ0n) is 7.64. The van der Waals surface area contributed by atoms with Crippen molar-refractivity contribution in [3.63, 3.8) is 0 Å². The van der Waals surface area contributed by atoms with E-state index >= 15 is 0 Å². The summed E-state index contributed by atoms with van der Waals surface area (Å²) < 4.78 is 0. The first-order chi connectivity index (χ1) is 7.04. The van der Waals surface area contributed by atoms with Crippen molar-refractivity contribution < 1.29 is 10.2 Å². The van der Waals surface area contributed by atoms with Crippen LogP contribution in [0, 0.1) is 11.3 Å². The number of allylic oxidation sites excluding steroid dienone is 1. The molecule has 1 aromatic rings. The van der Waals surface area contributed by atoms with Gasteiger partial charge in [-0.2, -0.15) is 5.26 Å². The lowest BCUT2D eigenvalue weighted by atomic mass is 10.1. The summed E-state index contributed by atoms with van der Waals surface area (Å²) in [4.78, 5) is 0.0825. The van der Waals surface area contributed by atoms with E-state index in [0.717, 1.165) is 0 Å². The maximum absolute atomic E-state index is 9.23. The van der Waals surface area contributed by atoms with Gasteiger partial charge in [0.05, 0.1) is 16.6 Å². The number of aromatic hydroxyl groups is 2. The number of nitrogens with two attached hydrogens (primary N) is 1. The molecule has 15 heavy (non-hydrogen) atoms. The first-order valence-electron chi connectivity index (χ1n) is 3.98. The van der Waals surface area contributed by atoms with Crippen LogP contribution in [0.2, 0.25) is 0 Å². The molecule has 0 aliphatic carbocycles. The molecular formula is C10H8N2O2S. The summed E-state index contributed by atoms with van der Waals surface area (Å²) in [6.07, 6.45) is 1.32. The van der Waals surface area contributed by atoms with Crippen LogP contribution < -0.4 is 5.73 Å². The SMILES string of the molecule is N#CC(=CC(N)=S)c1ccc(O)c(O)c1. The van der Waals surface area contributed by atoms with E-state index in [4.69, 9.17) is 16.1 Å². The van der Waals surface area contributed by atoms with E-state index in [9.17, 15) is 5.11 Å². The minimum atomic E-state index is -0.295. The molecule has 0 fully saturated rings. The average Bonchev–Trinajstić information content (AvgIpc) is 2.18. The summed E-state index contributed by atoms with van der Waals surface area (Å²) in [6.45, 7) is 0. The number of hydrogen-bond donors (Lipinski definition) is 3. The molecule has 0 bridgehead atoms. The third kappa shape index (κ3) is 2.69. The first-order valence-corrected chi connectivity index (χ1v) is 4.39. The fraction of sp³-hybridized carbons (Fsp3) is 0. The summed E-state index contributed by atoms with van der Waals surface area (Å²) in [5.41, 5.74) is 5.95. The Morgan fingerprint density at radius 2 is 2.07 bits per heavy atom. The van der Waals surface area contributed by atoms with Crippen molar-refractivity contribution in [2.75, 3.05) is 0 Å². The van der Waals surface area contributed by atoms with Gasteiger partial charge in [0, 0.05) is 0 Å². The molecule has 0 saturated heterocycles. The lowest BCUT2D eigenvalue weighted by Crippen LogP contribution is -2.03. The lowest BCUT2D eigenvalue weighted by molar-refractivity contribution is 0.403. The summed E-state index contributed by atoms with van der Waals surface area (Å²) in [7, 11) is 0. The lowest BCUT2D eigenvalue weighted by Gasteiger charge is -2.01. The highest BCUT2D eigenvalue weighted by molar-refractivity contribution is 7.80. The summed E-state index contributed by atoms with van der Waals surface area (Å²) in [5.74, 6) is -0.539. The van der Waals surface area contributed by atoms with Crippen molar-refractivity contribution in [2.24, 2.45) is 5.73 Å². The Morgan fingerprint density at radius 1 is 1.40 bits per heavy atom. The molecule has 0 aromatic heterocycles. The predicted molar refractivity (Wildman–Crippen MR) is 60.1 cm³/mol. The third-order valence-corrected chi connectivity index (χ3v) is 1.81. The highest BCUT2D eigenvalue weighted by Gasteiger charge is 2.05. The van der Waals surface area contributed by atoms with Crippen LogP contribution in [-0.2, 0) is 0 Å². The minimum absolute atomic E-state index is 0.0825. The van der Waals surface area contributed by atoms with Gasteiger partial charge in [-0.25, -0.2) is 0 Å². The van der Waals surface area contributed by atoms with Gasteiger partial charge in [0.25, 0.3) is 0 Å². The number of benzene rings is 1. The largest absolute Gasteiger partial charge is 0.504 e. The summed E-state index contributed by atoms with van der Waals surface area (Å²) in [6, 6.07) is 5.94. The number of thiocarbonyl (C=S) groups is 1. The second-order valence-electron chi connectivity index (χ2n) is 2.78. The molecule has 0 radical (unpaired) electrons. The second-order valence-corrected chi connectivity index (χ2v) is 3.25. The molecular weight excluding hydrogens is 212 g/mol. The maximum Gasteiger partial charge on any atom is 0.158 e. The van der Waals surface area contributed by atoms with Crippen molar-refractivity contribution in [1.29, 1.82) is 5.26 Å². The van der Waals surface area contributed by atoms with Gasteiger partial charge in [-0.15, -0.1) is 0 Å². The van der Waals surface area contributed by atoms with Crippen LogP contribution in [0.5, 0.6) is 11.5 Å². The third-order valence-electron chi connectivity index (χ3n) is 1.69. The van der Waals surface area contributed by atoms with Crippen LogP contribution in [0.1, 0.15) is 5.56 Å². The van der Waals surface area contributed by atoms with Crippen molar-refractivity contribution in [3.8, 4) is 17.6 Å². The van der Waals surface area contributed by atoms with E-state index in [0.29, 0.717) is 5.56 Å². The quantitative estimate of drug-likeness (QED) is 0.302. The van der Waals surface area contributed by atoms with Gasteiger partial charge in [-0.1, -0.05) is 12.2 Å². The second kappa shape index (κ2) is 4.44. The standard InChI is InChI=1S/C10H8N2O2S/c11-5-7(4-10(12)15)6-1-2-8(13)9(14)3-6/h1-4,13-14H,(H2,12,15). The number of hydrogen-bond acceptors (Lipinski definition) is 4. The molecule has 5 heteroatoms. The normalized spacial score (nSPS) is 10.7. The van der Waals surface area contributed by atoms with Crippen molar-refractivity contribution in [1.82, 2.24) is 0 Å². The molecule has 0 amide bonds. The molecule has 1 rings (SSSR count). The predicted octanol–water partition coefficient (Wildman–Crippen LogP) is 1.29. The number of nitriles is 1. The molecule has 0 saturated carbocycles. The van der Waals surface area contributed by atoms with Crippen molar-refractivity contribution in [3.05, 3.63) is 29.8 Å². The highest BCUT2D eigenvalue weighted by atomic mass is 32.1. The number of phenolic OH excluding ortho intramolecular Hbond substituents is 2. The zero-order valence-corrected chi connectivity index (χ0v) is 8.45. The maximum atomic E-state index is 9.23. The Morgan fingerprint density at radius 3 is 2.53 bits per heavy atom. The Hall–Kier alpha value is -2.06. The first kappa shape index (κ1) is 11.0. The Bertz CT molecular complexity index is 475. The van der Waals surface area contributed by atoms with Crippen LogP contribution in [-0.4, -0.2) is 15.2 Å². The molecule has 0 atom stereocenters. The molecule has 0 aliphatic rings. The van der Waals surface area contributed by atoms with Crippen LogP contribution in [0.3, 0.4) is 0 Å². The van der Waals surface area contributed by atoms with Gasteiger partial charge in [-0.05, 0) is 29.8 Å². The fourth-order valence-electron chi connectivity index (χ4n) is 1.01. The highest BCUT2D eigenvalue weighted by Crippen LogP contribution is 2.27. The van der Waals surface area contributed by atoms with Gasteiger partial charge >= 0.3 is 0 Å². The van der Waals surface area contributed by atoms with Crippen LogP contribution in [0.25, 0.3) is 5.57 Å². The molecule has 4 nitrogen and oxygen atoms in total. The van der Waals surface area contributed by atoms with Crippen LogP contribution in [0.4, 0.5) is 0 Å². The van der Waals surface area contributed by atoms with Crippen molar-refractivity contribution in [2.45, 2.75) is 0 Å². The van der Waals surface area contributed by atoms with Crippen molar-refractivity contribution >= 4 is 22.8 Å². The fourth-order valence-corrected chi connectivity index (χ4v) is 1.13. The van der Waals surface area contributed by atoms with Gasteiger partial charge < -0.3 is 15.9 Å². The van der Waals surface area contributed by atoms with E-state index in [1.807, 2.05) is 6.07 Å². The number of nitrogens with zero attached hydrogens (tertiary/aromatic N) is 1. The van der Waals surface area contributed by atoms with E-state index in [1.54, 1.807) is 0 Å². The smallest absolute Gasteiger partial charge is 0.158 e. The van der Waals surface area contributed by atoms with Gasteiger partial charge in [0.1, 0.15) is 0 Å². The van der Waals surface area contributed by atoms with Gasteiger partial charge in [0.2, 0.25) is 0 Å². The Balaban J connectivity index is 3.21. The van der Waals surface area contributed by atoms with Crippen LogP contribution in [0.15, 0.2) is 24.3 Å². The van der Waals surface area contributed by atoms with Gasteiger partial charge in [0.15, 0.2) is 11.5 Å². The molecule has 76 valence electrons. The van der Waals surface area contributed by atoms with Gasteiger partial charge in [-0.3, -0.25) is 0 Å². The van der Waals surface area contributed by atoms with Crippen LogP contribution >= 0.6 is 12.2 Å². The summed E-state index contributed by atoms with van der Waals surface area (Å²) in [5, 5.41) is 27.1. The van der Waals surface area contributed by atoms with E-state index < -0.39 is 0 Å². The number of rotatable bonds is 2. The van der Waals surface area contributed by atoms with E-state index in [1.165, 1.54) is 24.3 Å². The number of phenols is 2. The monoisotopic (exact) mass is 220 g/mol. The van der Waals surface area contributed by atoms with E-state index in [2.05, 4.69) is 12.2 Å². The molecule has 4 N–H and O–H groups in total. The molecule has 0 spiro atoms. The molecule has 0 heterocycles. The topological polar surface area (TPSA) is 90.3 Å². The summed E-state index contributed by atoms with van der Waals surface area (Å²) >= 11 is 4.64. The Kier molecular flexibility index (Phi) is 3.26. The molecule has 0 aliphatic heterocycles. The molecule has 1 aromatic carbocycles.